The third-order valence-corrected chi connectivity index (χ3v) is 5.23. The van der Waals surface area contributed by atoms with Gasteiger partial charge in [0.1, 0.15) is 4.93 Å². The molecule has 2 aliphatic rings. The van der Waals surface area contributed by atoms with Crippen LogP contribution in [0.2, 0.25) is 0 Å². The van der Waals surface area contributed by atoms with Crippen molar-refractivity contribution in [1.82, 2.24) is 4.90 Å². The lowest BCUT2D eigenvalue weighted by Crippen LogP contribution is -2.65. The quantitative estimate of drug-likeness (QED) is 0.153. The van der Waals surface area contributed by atoms with Gasteiger partial charge in [0.25, 0.3) is 0 Å². The summed E-state index contributed by atoms with van der Waals surface area (Å²) in [6.45, 7) is 1.85. The van der Waals surface area contributed by atoms with E-state index in [2.05, 4.69) is 4.99 Å². The van der Waals surface area contributed by atoms with Crippen molar-refractivity contribution >= 4 is 30.0 Å². The van der Waals surface area contributed by atoms with Gasteiger partial charge >= 0.3 is 5.97 Å². The molecule has 2 saturated heterocycles. The molecule has 0 aliphatic carbocycles. The molecule has 0 spiro atoms. The average Bonchev–Trinajstić information content (AvgIpc) is 2.64. The van der Waals surface area contributed by atoms with Crippen LogP contribution in [0.1, 0.15) is 13.3 Å². The second kappa shape index (κ2) is 5.82. The highest BCUT2D eigenvalue weighted by Gasteiger charge is 2.66. The number of amides is 1. The first-order chi connectivity index (χ1) is 9.83. The van der Waals surface area contributed by atoms with Gasteiger partial charge in [-0.05, 0) is 6.92 Å². The van der Waals surface area contributed by atoms with E-state index in [0.29, 0.717) is 12.3 Å². The summed E-state index contributed by atoms with van der Waals surface area (Å²) in [6, 6.07) is -1.73. The van der Waals surface area contributed by atoms with E-state index in [-0.39, 0.29) is 6.42 Å². The Morgan fingerprint density at radius 3 is 2.90 bits per heavy atom. The largest absolute Gasteiger partial charge is 0.480 e. The second-order valence-electron chi connectivity index (χ2n) is 5.27. The van der Waals surface area contributed by atoms with Gasteiger partial charge < -0.3 is 26.0 Å². The molecule has 118 valence electrons. The van der Waals surface area contributed by atoms with E-state index in [1.807, 2.05) is 0 Å². The van der Waals surface area contributed by atoms with Crippen LogP contribution in [-0.4, -0.2) is 73.9 Å². The number of nitrogens with zero attached hydrogens (tertiary/aromatic N) is 2. The number of thioether (sulfide) groups is 1. The molecule has 2 fully saturated rings. The molecule has 0 aromatic rings. The number of hydrogen-bond acceptors (Lipinski definition) is 6. The van der Waals surface area contributed by atoms with Crippen molar-refractivity contribution in [3.05, 3.63) is 0 Å². The van der Waals surface area contributed by atoms with Crippen LogP contribution >= 0.6 is 11.8 Å². The first kappa shape index (κ1) is 16.1. The molecule has 0 aromatic carbocycles. The zero-order chi connectivity index (χ0) is 15.8. The molecule has 9 heteroatoms. The molecule has 2 unspecified atom stereocenters. The fourth-order valence-corrected chi connectivity index (χ4v) is 4.30. The number of nitrogens with two attached hydrogens (primary N) is 1. The van der Waals surface area contributed by atoms with Gasteiger partial charge in [-0.25, -0.2) is 4.79 Å². The maximum atomic E-state index is 12.0. The smallest absolute Gasteiger partial charge is 0.330 e. The number of aliphatic hydroxyl groups is 2. The molecular weight excluding hydrogens is 298 g/mol. The van der Waals surface area contributed by atoms with E-state index in [1.165, 1.54) is 11.8 Å². The number of aliphatic carboxylic acids is 1. The van der Waals surface area contributed by atoms with E-state index in [1.54, 1.807) is 0 Å². The predicted octanol–water partition coefficient (Wildman–Crippen LogP) is -1.54. The van der Waals surface area contributed by atoms with Crippen LogP contribution in [0.5, 0.6) is 0 Å². The lowest BCUT2D eigenvalue weighted by Gasteiger charge is -2.45. The highest BCUT2D eigenvalue weighted by Crippen LogP contribution is 2.50. The molecule has 0 saturated carbocycles. The normalized spacial score (nSPS) is 36.6. The van der Waals surface area contributed by atoms with Gasteiger partial charge in [0.2, 0.25) is 5.91 Å². The monoisotopic (exact) mass is 317 g/mol. The van der Waals surface area contributed by atoms with Crippen molar-refractivity contribution < 1.29 is 24.9 Å². The number of hydrogen-bond donors (Lipinski definition) is 4. The molecule has 5 atom stereocenters. The highest BCUT2D eigenvalue weighted by molar-refractivity contribution is 8.00. The minimum Gasteiger partial charge on any atom is -0.480 e. The molecule has 0 bridgehead atoms. The number of carbonyl (C=O) groups excluding carboxylic acids is 1. The topological polar surface area (TPSA) is 136 Å². The Morgan fingerprint density at radius 2 is 2.38 bits per heavy atom. The molecule has 0 radical (unpaired) electrons. The Kier molecular flexibility index (Phi) is 4.45. The van der Waals surface area contributed by atoms with Crippen molar-refractivity contribution in [3.63, 3.8) is 0 Å². The Morgan fingerprint density at radius 1 is 1.71 bits per heavy atom. The van der Waals surface area contributed by atoms with Crippen LogP contribution in [0.4, 0.5) is 0 Å². The Hall–Kier alpha value is -1.32. The van der Waals surface area contributed by atoms with Crippen LogP contribution in [0, 0.1) is 5.92 Å². The van der Waals surface area contributed by atoms with Gasteiger partial charge in [0.05, 0.1) is 24.4 Å². The zero-order valence-electron chi connectivity index (χ0n) is 11.5. The number of fused-ring (bicyclic) bond motifs is 1. The summed E-state index contributed by atoms with van der Waals surface area (Å²) in [5.74, 6) is -1.91. The minimum absolute atomic E-state index is 0.127. The maximum absolute atomic E-state index is 12.0. The van der Waals surface area contributed by atoms with Crippen LogP contribution in [-0.2, 0) is 9.59 Å². The van der Waals surface area contributed by atoms with Gasteiger partial charge in [-0.1, -0.05) is 0 Å². The molecule has 5 N–H and O–H groups in total. The van der Waals surface area contributed by atoms with Crippen molar-refractivity contribution in [3.8, 4) is 0 Å². The van der Waals surface area contributed by atoms with E-state index in [0.717, 1.165) is 18.1 Å². The maximum Gasteiger partial charge on any atom is 0.330 e. The number of carbonyl (C=O) groups is 2. The van der Waals surface area contributed by atoms with E-state index < -0.39 is 40.9 Å². The molecule has 2 heterocycles. The summed E-state index contributed by atoms with van der Waals surface area (Å²) in [5.41, 5.74) is 5.12. The summed E-state index contributed by atoms with van der Waals surface area (Å²) >= 11 is 1.06. The van der Waals surface area contributed by atoms with E-state index in [4.69, 9.17) is 5.73 Å². The van der Waals surface area contributed by atoms with Crippen LogP contribution in [0.3, 0.4) is 0 Å². The first-order valence-corrected chi connectivity index (χ1v) is 7.61. The van der Waals surface area contributed by atoms with Gasteiger partial charge in [-0.2, -0.15) is 0 Å². The van der Waals surface area contributed by atoms with Crippen LogP contribution in [0.15, 0.2) is 4.99 Å². The Bertz CT molecular complexity index is 472. The molecule has 2 aliphatic heterocycles. The second-order valence-corrected chi connectivity index (χ2v) is 6.68. The average molecular weight is 317 g/mol. The molecule has 0 aromatic heterocycles. The van der Waals surface area contributed by atoms with Crippen molar-refractivity contribution in [1.29, 1.82) is 0 Å². The molecule has 21 heavy (non-hydrogen) atoms. The minimum atomic E-state index is -1.57. The number of β-lactam (4-membered cyclic amide) rings is 1. The fourth-order valence-electron chi connectivity index (χ4n) is 3.09. The summed E-state index contributed by atoms with van der Waals surface area (Å²) < 4.78 is 0. The first-order valence-electron chi connectivity index (χ1n) is 6.63. The van der Waals surface area contributed by atoms with Gasteiger partial charge in [-0.3, -0.25) is 9.79 Å². The van der Waals surface area contributed by atoms with Crippen molar-refractivity contribution in [2.75, 3.05) is 12.3 Å². The fraction of sp³-hybridized carbons (Fsp3) is 0.750. The number of aliphatic imine (C=N–C) groups is 1. The van der Waals surface area contributed by atoms with Crippen molar-refractivity contribution in [2.45, 2.75) is 36.5 Å². The predicted molar refractivity (Wildman–Crippen MR) is 76.8 cm³/mol. The Balaban J connectivity index is 2.14. The summed E-state index contributed by atoms with van der Waals surface area (Å²) in [4.78, 5) is 26.9. The molecule has 1 amide bonds. The van der Waals surface area contributed by atoms with Gasteiger partial charge in [0, 0.05) is 18.7 Å². The van der Waals surface area contributed by atoms with Crippen LogP contribution in [0.25, 0.3) is 0 Å². The van der Waals surface area contributed by atoms with Gasteiger partial charge in [-0.15, -0.1) is 11.8 Å². The lowest BCUT2D eigenvalue weighted by molar-refractivity contribution is -0.171. The van der Waals surface area contributed by atoms with Crippen LogP contribution < -0.4 is 5.73 Å². The molecular formula is C12H19N3O5S. The van der Waals surface area contributed by atoms with E-state index >= 15 is 0 Å². The lowest BCUT2D eigenvalue weighted by atomic mass is 9.84. The van der Waals surface area contributed by atoms with Gasteiger partial charge in [0.15, 0.2) is 6.04 Å². The highest BCUT2D eigenvalue weighted by atomic mass is 32.2. The van der Waals surface area contributed by atoms with E-state index in [9.17, 15) is 24.9 Å². The Labute approximate surface area is 126 Å². The summed E-state index contributed by atoms with van der Waals surface area (Å²) in [7, 11) is 0. The number of carboxylic acids is 1. The molecule has 8 nitrogen and oxygen atoms in total. The third kappa shape index (κ3) is 2.60. The SMILES string of the molecule is C[C@@H](O)[C@H]1C(=O)N2C(C(=O)O)C(O)(SCCN=CN)C[C@H]12. The third-order valence-electron chi connectivity index (χ3n) is 3.95. The summed E-state index contributed by atoms with van der Waals surface area (Å²) in [5, 5.41) is 29.6. The van der Waals surface area contributed by atoms with Crippen molar-refractivity contribution in [2.24, 2.45) is 16.6 Å². The number of aliphatic hydroxyl groups excluding tert-OH is 1. The molecule has 2 rings (SSSR count). The number of rotatable bonds is 6. The standard InChI is InChI=1S/C12H19N3O5S/c1-6(16)8-7-4-12(20,21-3-2-14-5-13)9(11(18)19)15(7)10(8)17/h5-9,16,20H,2-4H2,1H3,(H2,13,14)(H,18,19)/t6-,7-,8-,9?,12?/m1/s1. The summed E-state index contributed by atoms with van der Waals surface area (Å²) in [6.07, 6.45) is 0.415. The zero-order valence-corrected chi connectivity index (χ0v) is 12.4. The number of carboxylic acid groups (broad SMARTS) is 1.